The van der Waals surface area contributed by atoms with Crippen molar-refractivity contribution in [3.05, 3.63) is 47.8 Å². The summed E-state index contributed by atoms with van der Waals surface area (Å²) in [5.41, 5.74) is 0.000184. The highest BCUT2D eigenvalue weighted by Gasteiger charge is 2.38. The van der Waals surface area contributed by atoms with Crippen LogP contribution >= 0.6 is 0 Å². The first kappa shape index (κ1) is 87.5. The SMILES string of the molecule is O=C(c1ccnc(-c2cc(C(=O)N3CCN(CC(O)COCC(COCC(O)N4CCNCC4)(COCC(O)N4CCNCC4)COCC(O)N4CCNCC4)CC3)ccn2)c1)N1CCN(CC(O)COCCC(COCC(O)C2CCCNC2)(COCC(O)N2CCCCC2)COCC(O)N2CCNCC2)CC1. The average molecular weight is 1550 g/mol. The predicted octanol–water partition coefficient (Wildman–Crippen LogP) is -5.06. The van der Waals surface area contributed by atoms with Crippen LogP contribution in [-0.4, -0.2) is 458 Å². The van der Waals surface area contributed by atoms with Crippen molar-refractivity contribution in [3.63, 3.8) is 0 Å². The first-order chi connectivity index (χ1) is 53.1. The number of aromatic nitrogens is 2. The van der Waals surface area contributed by atoms with E-state index in [1.165, 1.54) is 0 Å². The Labute approximate surface area is 644 Å². The van der Waals surface area contributed by atoms with Crippen molar-refractivity contribution in [1.29, 1.82) is 0 Å². The number of β-amino-alcohol motifs (C(OH)–C–C–N with tert-alkyl or cyclic N) is 2. The molecule has 0 radical (unpaired) electrons. The molecule has 8 fully saturated rings. The number of rotatable bonds is 46. The molecule has 0 bridgehead atoms. The van der Waals surface area contributed by atoms with E-state index in [1.54, 1.807) is 46.5 Å². The molecule has 8 aliphatic rings. The highest BCUT2D eigenvalue weighted by atomic mass is 16.5. The van der Waals surface area contributed by atoms with Gasteiger partial charge in [-0.3, -0.25) is 53.9 Å². The van der Waals surface area contributed by atoms with Crippen LogP contribution in [0.4, 0.5) is 0 Å². The van der Waals surface area contributed by atoms with E-state index in [0.717, 1.165) is 111 Å². The molecule has 620 valence electrons. The van der Waals surface area contributed by atoms with E-state index in [1.807, 2.05) is 24.5 Å². The number of aliphatic hydroxyl groups excluding tert-OH is 8. The lowest BCUT2D eigenvalue weighted by Crippen LogP contribution is -2.52. The summed E-state index contributed by atoms with van der Waals surface area (Å²) < 4.78 is 50.4. The first-order valence-corrected chi connectivity index (χ1v) is 40.4. The largest absolute Gasteiger partial charge is 0.390 e. The second-order valence-corrected chi connectivity index (χ2v) is 31.1. The van der Waals surface area contributed by atoms with E-state index in [-0.39, 0.29) is 123 Å². The van der Waals surface area contributed by atoms with E-state index in [4.69, 9.17) is 37.9 Å². The molecule has 10 unspecified atom stereocenters. The Morgan fingerprint density at radius 1 is 0.394 bits per heavy atom. The second kappa shape index (κ2) is 47.2. The molecule has 10 atom stereocenters. The van der Waals surface area contributed by atoms with Gasteiger partial charge < -0.3 is 115 Å². The van der Waals surface area contributed by atoms with Crippen molar-refractivity contribution in [1.82, 2.24) is 80.7 Å². The highest BCUT2D eigenvalue weighted by Crippen LogP contribution is 2.29. The second-order valence-electron chi connectivity index (χ2n) is 31.1. The summed E-state index contributed by atoms with van der Waals surface area (Å²) in [6.07, 6.45) is 2.21. The van der Waals surface area contributed by atoms with Gasteiger partial charge in [-0.25, -0.2) is 0 Å². The summed E-state index contributed by atoms with van der Waals surface area (Å²) in [4.78, 5) is 55.1. The van der Waals surface area contributed by atoms with Gasteiger partial charge in [-0.15, -0.1) is 0 Å². The Bertz CT molecular complexity index is 2700. The normalized spacial score (nSPS) is 24.0. The molecule has 10 rings (SSSR count). The Morgan fingerprint density at radius 3 is 1.12 bits per heavy atom. The van der Waals surface area contributed by atoms with E-state index in [2.05, 4.69) is 46.4 Å². The van der Waals surface area contributed by atoms with Crippen LogP contribution in [0.3, 0.4) is 0 Å². The van der Waals surface area contributed by atoms with Crippen molar-refractivity contribution >= 4 is 11.8 Å². The highest BCUT2D eigenvalue weighted by molar-refractivity contribution is 5.96. The molecular formula is C75H132N16O18. The number of ether oxygens (including phenoxy) is 8. The molecule has 2 amide bonds. The van der Waals surface area contributed by atoms with Crippen LogP contribution in [0.25, 0.3) is 11.4 Å². The number of pyridine rings is 2. The number of likely N-dealkylation sites (tertiary alicyclic amines) is 1. The summed E-state index contributed by atoms with van der Waals surface area (Å²) >= 11 is 0. The fourth-order valence-corrected chi connectivity index (χ4v) is 15.6. The van der Waals surface area contributed by atoms with E-state index < -0.39 is 60.3 Å². The molecule has 2 aromatic rings. The van der Waals surface area contributed by atoms with Gasteiger partial charge in [0, 0.05) is 225 Å². The number of nitrogens with zero attached hydrogens (tertiary/aromatic N) is 11. The van der Waals surface area contributed by atoms with Gasteiger partial charge in [0.1, 0.15) is 31.1 Å². The minimum atomic E-state index is -0.960. The minimum Gasteiger partial charge on any atom is -0.390 e. The molecule has 0 aliphatic carbocycles. The van der Waals surface area contributed by atoms with Crippen LogP contribution in [0.1, 0.15) is 59.2 Å². The molecular weight excluding hydrogens is 1410 g/mol. The van der Waals surface area contributed by atoms with E-state index >= 15 is 0 Å². The smallest absolute Gasteiger partial charge is 0.254 e. The van der Waals surface area contributed by atoms with Crippen LogP contribution in [0.2, 0.25) is 0 Å². The Balaban J connectivity index is 0.670. The van der Waals surface area contributed by atoms with Crippen LogP contribution in [0.15, 0.2) is 36.7 Å². The maximum Gasteiger partial charge on any atom is 0.254 e. The lowest BCUT2D eigenvalue weighted by atomic mass is 9.87. The summed E-state index contributed by atoms with van der Waals surface area (Å²) in [6, 6.07) is 6.74. The molecule has 0 aromatic carbocycles. The fraction of sp³-hybridized carbons (Fsp3) is 0.840. The number of carbonyl (C=O) groups is 2. The van der Waals surface area contributed by atoms with E-state index in [0.29, 0.717) is 147 Å². The average Bonchev–Trinajstić information content (AvgIpc) is 0.811. The van der Waals surface area contributed by atoms with Gasteiger partial charge in [-0.05, 0) is 68.8 Å². The monoisotopic (exact) mass is 1540 g/mol. The van der Waals surface area contributed by atoms with Gasteiger partial charge >= 0.3 is 0 Å². The van der Waals surface area contributed by atoms with Gasteiger partial charge in [0.25, 0.3) is 11.8 Å². The maximum absolute atomic E-state index is 14.1. The fourth-order valence-electron chi connectivity index (χ4n) is 15.6. The molecule has 2 aromatic heterocycles. The lowest BCUT2D eigenvalue weighted by molar-refractivity contribution is -0.155. The van der Waals surface area contributed by atoms with Crippen LogP contribution in [0.5, 0.6) is 0 Å². The third-order valence-electron chi connectivity index (χ3n) is 22.4. The van der Waals surface area contributed by atoms with Gasteiger partial charge in [0.15, 0.2) is 0 Å². The van der Waals surface area contributed by atoms with E-state index in [9.17, 15) is 50.4 Å². The van der Waals surface area contributed by atoms with Crippen molar-refractivity contribution in [3.8, 4) is 11.4 Å². The Morgan fingerprint density at radius 2 is 0.743 bits per heavy atom. The van der Waals surface area contributed by atoms with Gasteiger partial charge in [0.2, 0.25) is 0 Å². The van der Waals surface area contributed by atoms with Gasteiger partial charge in [0.05, 0.1) is 134 Å². The maximum atomic E-state index is 14.1. The third-order valence-corrected chi connectivity index (χ3v) is 22.4. The van der Waals surface area contributed by atoms with Crippen molar-refractivity contribution < 1.29 is 88.3 Å². The third kappa shape index (κ3) is 29.1. The summed E-state index contributed by atoms with van der Waals surface area (Å²) in [5.74, 6) is -0.270. The van der Waals surface area contributed by atoms with Crippen molar-refractivity contribution in [2.45, 2.75) is 88.0 Å². The number of aliphatic hydroxyl groups is 8. The van der Waals surface area contributed by atoms with Gasteiger partial charge in [-0.2, -0.15) is 0 Å². The van der Waals surface area contributed by atoms with Crippen molar-refractivity contribution in [2.24, 2.45) is 16.7 Å². The summed E-state index contributed by atoms with van der Waals surface area (Å²) in [7, 11) is 0. The topological polar surface area (TPSA) is 385 Å². The number of nitrogens with one attached hydrogen (secondary N) is 5. The Hall–Kier alpha value is -3.88. The molecule has 0 spiro atoms. The molecule has 34 heteroatoms. The number of amides is 2. The molecule has 109 heavy (non-hydrogen) atoms. The Kier molecular flexibility index (Phi) is 37.9. The molecule has 34 nitrogen and oxygen atoms in total. The zero-order chi connectivity index (χ0) is 76.5. The number of carbonyl (C=O) groups excluding carboxylic acids is 2. The number of hydrogen-bond donors (Lipinski definition) is 13. The molecule has 8 aliphatic heterocycles. The standard InChI is InChI=1S/C75H132N16O18/c92-62(44-102-38-8-74(52-104-46-66(94)61-5-4-9-80-41-61,53-105-47-67(95)85-20-2-1-3-21-85)54-106-48-68(96)86-22-12-76-13-23-86)42-83-30-34-90(35-31-83)72(100)59-6-10-81-64(39-59)65-40-60(7-11-82-65)73(101)91-36-32-84(33-37-91)43-63(93)45-103-55-75(56-107-49-69(97)87-24-14-77-15-25-87,57-108-50-70(98)88-26-16-78-17-27-88)58-109-51-71(99)89-28-18-79-19-29-89/h6-7,10-11,39-40,61-63,66-71,76-80,92-99H,1-5,8-9,12-38,41-58H2. The summed E-state index contributed by atoms with van der Waals surface area (Å²) in [5, 5.41) is 106. The molecule has 8 saturated heterocycles. The zero-order valence-electron chi connectivity index (χ0n) is 64.5. The van der Waals surface area contributed by atoms with Crippen LogP contribution in [0, 0.1) is 16.7 Å². The van der Waals surface area contributed by atoms with Crippen molar-refractivity contribution in [2.75, 3.05) is 302 Å². The number of hydrogen-bond acceptors (Lipinski definition) is 32. The zero-order valence-corrected chi connectivity index (χ0v) is 64.5. The number of piperidine rings is 2. The number of piperazine rings is 6. The molecule has 10 heterocycles. The predicted molar refractivity (Wildman–Crippen MR) is 405 cm³/mol. The summed E-state index contributed by atoms with van der Waals surface area (Å²) in [6.45, 7) is 20.6. The molecule has 0 saturated carbocycles. The molecule has 13 N–H and O–H groups in total. The van der Waals surface area contributed by atoms with Gasteiger partial charge in [-0.1, -0.05) is 6.42 Å². The van der Waals surface area contributed by atoms with Crippen LogP contribution in [-0.2, 0) is 37.9 Å². The van der Waals surface area contributed by atoms with Crippen LogP contribution < -0.4 is 26.6 Å². The minimum absolute atomic E-state index is 0.0278. The quantitative estimate of drug-likeness (QED) is 0.0276. The lowest BCUT2D eigenvalue weighted by Gasteiger charge is -2.37. The first-order valence-electron chi connectivity index (χ1n) is 40.4.